The van der Waals surface area contributed by atoms with Crippen LogP contribution in [0.15, 0.2) is 18.2 Å². The average molecular weight is 252 g/mol. The van der Waals surface area contributed by atoms with Crippen molar-refractivity contribution in [3.8, 4) is 0 Å². The molecule has 1 atom stereocenters. The lowest BCUT2D eigenvalue weighted by Crippen LogP contribution is -2.30. The van der Waals surface area contributed by atoms with Gasteiger partial charge in [0.15, 0.2) is 0 Å². The van der Waals surface area contributed by atoms with Crippen LogP contribution in [0.3, 0.4) is 0 Å². The molecule has 1 aromatic rings. The second kappa shape index (κ2) is 5.09. The number of amides is 1. The fourth-order valence-corrected chi connectivity index (χ4v) is 2.41. The molecule has 1 aliphatic heterocycles. The number of hydrogen-bond donors (Lipinski definition) is 0. The Morgan fingerprint density at radius 3 is 2.76 bits per heavy atom. The third kappa shape index (κ3) is 3.01. The summed E-state index contributed by atoms with van der Waals surface area (Å²) < 4.78 is 0. The molecule has 2 rings (SSSR count). The first-order valence-electron chi connectivity index (χ1n) is 6.04. The molecule has 92 valence electrons. The van der Waals surface area contributed by atoms with Gasteiger partial charge in [-0.15, -0.1) is 11.6 Å². The Morgan fingerprint density at radius 1 is 1.41 bits per heavy atom. The summed E-state index contributed by atoms with van der Waals surface area (Å²) in [4.78, 5) is 13.9. The Hall–Kier alpha value is -1.02. The summed E-state index contributed by atoms with van der Waals surface area (Å²) in [7, 11) is 0. The number of nitrogens with zero attached hydrogens (tertiary/aromatic N) is 1. The average Bonchev–Trinajstić information content (AvgIpc) is 2.70. The summed E-state index contributed by atoms with van der Waals surface area (Å²) in [6, 6.07) is 6.21. The van der Waals surface area contributed by atoms with Crippen LogP contribution in [0.4, 0.5) is 0 Å². The lowest BCUT2D eigenvalue weighted by atomic mass is 10.0. The molecule has 1 aromatic carbocycles. The van der Waals surface area contributed by atoms with Crippen LogP contribution in [-0.4, -0.2) is 29.3 Å². The van der Waals surface area contributed by atoms with Crippen LogP contribution in [0, 0.1) is 13.8 Å². The first kappa shape index (κ1) is 12.4. The van der Waals surface area contributed by atoms with Gasteiger partial charge in [0.05, 0.1) is 11.8 Å². The van der Waals surface area contributed by atoms with Crippen LogP contribution in [0.25, 0.3) is 0 Å². The van der Waals surface area contributed by atoms with E-state index in [0.717, 1.165) is 18.5 Å². The molecule has 0 aromatic heterocycles. The van der Waals surface area contributed by atoms with E-state index in [1.165, 1.54) is 11.1 Å². The molecule has 0 radical (unpaired) electrons. The topological polar surface area (TPSA) is 20.3 Å². The first-order chi connectivity index (χ1) is 8.06. The zero-order valence-corrected chi connectivity index (χ0v) is 11.1. The van der Waals surface area contributed by atoms with E-state index in [-0.39, 0.29) is 11.3 Å². The zero-order chi connectivity index (χ0) is 12.4. The molecule has 0 aliphatic carbocycles. The minimum atomic E-state index is 0.138. The molecule has 1 saturated heterocycles. The van der Waals surface area contributed by atoms with E-state index in [4.69, 9.17) is 11.6 Å². The molecular weight excluding hydrogens is 234 g/mol. The summed E-state index contributed by atoms with van der Waals surface area (Å²) in [5, 5.41) is 0.138. The van der Waals surface area contributed by atoms with E-state index in [0.29, 0.717) is 13.0 Å². The van der Waals surface area contributed by atoms with Crippen LogP contribution in [0.5, 0.6) is 0 Å². The lowest BCUT2D eigenvalue weighted by Gasteiger charge is -2.15. The number of alkyl halides is 1. The number of halogens is 1. The molecule has 0 bridgehead atoms. The standard InChI is InChI=1S/C14H18ClNO/c1-10-3-4-12(7-11(10)2)8-14(17)16-6-5-13(15)9-16/h3-4,7,13H,5-6,8-9H2,1-2H3. The largest absolute Gasteiger partial charge is 0.341 e. The highest BCUT2D eigenvalue weighted by Gasteiger charge is 2.24. The molecular formula is C14H18ClNO. The quantitative estimate of drug-likeness (QED) is 0.740. The Balaban J connectivity index is 2.00. The number of aryl methyl sites for hydroxylation is 2. The van der Waals surface area contributed by atoms with E-state index in [1.54, 1.807) is 0 Å². The van der Waals surface area contributed by atoms with E-state index >= 15 is 0 Å². The molecule has 1 fully saturated rings. The van der Waals surface area contributed by atoms with Gasteiger partial charge in [0.2, 0.25) is 5.91 Å². The van der Waals surface area contributed by atoms with Crippen LogP contribution in [0.1, 0.15) is 23.1 Å². The Kier molecular flexibility index (Phi) is 3.72. The fourth-order valence-electron chi connectivity index (χ4n) is 2.14. The maximum atomic E-state index is 12.0. The van der Waals surface area contributed by atoms with Crippen molar-refractivity contribution in [2.45, 2.75) is 32.1 Å². The lowest BCUT2D eigenvalue weighted by molar-refractivity contribution is -0.129. The summed E-state index contributed by atoms with van der Waals surface area (Å²) in [5.41, 5.74) is 3.60. The van der Waals surface area contributed by atoms with Gasteiger partial charge >= 0.3 is 0 Å². The van der Waals surface area contributed by atoms with Gasteiger partial charge in [-0.3, -0.25) is 4.79 Å². The predicted octanol–water partition coefficient (Wildman–Crippen LogP) is 2.69. The van der Waals surface area contributed by atoms with Crippen molar-refractivity contribution in [1.29, 1.82) is 0 Å². The highest BCUT2D eigenvalue weighted by atomic mass is 35.5. The summed E-state index contributed by atoms with van der Waals surface area (Å²) in [6.07, 6.45) is 1.41. The van der Waals surface area contributed by atoms with Gasteiger partial charge in [-0.25, -0.2) is 0 Å². The third-order valence-electron chi connectivity index (χ3n) is 3.41. The van der Waals surface area contributed by atoms with E-state index in [2.05, 4.69) is 26.0 Å². The molecule has 1 unspecified atom stereocenters. The normalized spacial score (nSPS) is 19.7. The molecule has 17 heavy (non-hydrogen) atoms. The van der Waals surface area contributed by atoms with Crippen molar-refractivity contribution in [1.82, 2.24) is 4.90 Å². The maximum absolute atomic E-state index is 12.0. The summed E-state index contributed by atoms with van der Waals surface area (Å²) in [6.45, 7) is 5.66. The molecule has 2 nitrogen and oxygen atoms in total. The molecule has 1 aliphatic rings. The van der Waals surface area contributed by atoms with Crippen LogP contribution >= 0.6 is 11.6 Å². The zero-order valence-electron chi connectivity index (χ0n) is 10.4. The Morgan fingerprint density at radius 2 is 2.18 bits per heavy atom. The van der Waals surface area contributed by atoms with Crippen molar-refractivity contribution in [3.05, 3.63) is 34.9 Å². The van der Waals surface area contributed by atoms with Crippen molar-refractivity contribution >= 4 is 17.5 Å². The smallest absolute Gasteiger partial charge is 0.227 e. The summed E-state index contributed by atoms with van der Waals surface area (Å²) in [5.74, 6) is 0.191. The third-order valence-corrected chi connectivity index (χ3v) is 3.77. The van der Waals surface area contributed by atoms with Crippen LogP contribution in [0.2, 0.25) is 0 Å². The van der Waals surface area contributed by atoms with Crippen molar-refractivity contribution < 1.29 is 4.79 Å². The first-order valence-corrected chi connectivity index (χ1v) is 6.48. The summed E-state index contributed by atoms with van der Waals surface area (Å²) >= 11 is 6.01. The van der Waals surface area contributed by atoms with E-state index in [9.17, 15) is 4.79 Å². The minimum Gasteiger partial charge on any atom is -0.341 e. The van der Waals surface area contributed by atoms with Crippen molar-refractivity contribution in [2.75, 3.05) is 13.1 Å². The molecule has 3 heteroatoms. The number of likely N-dealkylation sites (tertiary alicyclic amines) is 1. The monoisotopic (exact) mass is 251 g/mol. The van der Waals surface area contributed by atoms with E-state index < -0.39 is 0 Å². The van der Waals surface area contributed by atoms with Gasteiger partial charge in [0.1, 0.15) is 0 Å². The Bertz CT molecular complexity index is 430. The SMILES string of the molecule is Cc1ccc(CC(=O)N2CCC(Cl)C2)cc1C. The molecule has 0 saturated carbocycles. The molecule has 1 heterocycles. The number of carbonyl (C=O) groups excluding carboxylic acids is 1. The van der Waals surface area contributed by atoms with Gasteiger partial charge in [-0.05, 0) is 37.0 Å². The number of benzene rings is 1. The van der Waals surface area contributed by atoms with Crippen molar-refractivity contribution in [2.24, 2.45) is 0 Å². The predicted molar refractivity (Wildman–Crippen MR) is 70.5 cm³/mol. The van der Waals surface area contributed by atoms with Gasteiger partial charge in [-0.2, -0.15) is 0 Å². The second-order valence-corrected chi connectivity index (χ2v) is 5.44. The fraction of sp³-hybridized carbons (Fsp3) is 0.500. The molecule has 0 N–H and O–H groups in total. The van der Waals surface area contributed by atoms with Crippen LogP contribution < -0.4 is 0 Å². The highest BCUT2D eigenvalue weighted by Crippen LogP contribution is 2.17. The minimum absolute atomic E-state index is 0.138. The number of carbonyl (C=O) groups is 1. The van der Waals surface area contributed by atoms with E-state index in [1.807, 2.05) is 11.0 Å². The Labute approximate surface area is 108 Å². The van der Waals surface area contributed by atoms with Gasteiger partial charge in [0.25, 0.3) is 0 Å². The van der Waals surface area contributed by atoms with Gasteiger partial charge in [-0.1, -0.05) is 18.2 Å². The van der Waals surface area contributed by atoms with Crippen LogP contribution in [-0.2, 0) is 11.2 Å². The molecule has 1 amide bonds. The number of rotatable bonds is 2. The maximum Gasteiger partial charge on any atom is 0.227 e. The van der Waals surface area contributed by atoms with Gasteiger partial charge < -0.3 is 4.90 Å². The number of hydrogen-bond acceptors (Lipinski definition) is 1. The highest BCUT2D eigenvalue weighted by molar-refractivity contribution is 6.21. The van der Waals surface area contributed by atoms with Crippen molar-refractivity contribution in [3.63, 3.8) is 0 Å². The van der Waals surface area contributed by atoms with Gasteiger partial charge in [0, 0.05) is 13.1 Å². The molecule has 0 spiro atoms. The second-order valence-electron chi connectivity index (χ2n) is 4.82.